The lowest BCUT2D eigenvalue weighted by atomic mass is 10.1. The van der Waals surface area contributed by atoms with Crippen molar-refractivity contribution in [1.29, 1.82) is 0 Å². The number of hydrogen-bond donors (Lipinski definition) is 2. The first-order valence-electron chi connectivity index (χ1n) is 9.14. The number of nitrogens with zero attached hydrogens (tertiary/aromatic N) is 3. The van der Waals surface area contributed by atoms with Crippen LogP contribution in [0.5, 0.6) is 0 Å². The van der Waals surface area contributed by atoms with Gasteiger partial charge in [0, 0.05) is 42.1 Å². The maximum absolute atomic E-state index is 12.9. The first kappa shape index (κ1) is 17.5. The number of carbonyl (C=O) groups excluding carboxylic acids is 1. The molecule has 2 N–H and O–H groups in total. The highest BCUT2D eigenvalue weighted by molar-refractivity contribution is 7.12. The van der Waals surface area contributed by atoms with E-state index in [1.165, 1.54) is 15.3 Å². The van der Waals surface area contributed by atoms with E-state index in [1.54, 1.807) is 11.3 Å². The standard InChI is InChI=1S/C19H25N5OS/c1-13-4-3-7-20-18(13)23-8-10-24(11-9-23)19(25)16-12-15(21-22-16)17-6-5-14(2)26-17/h3-7,15-16,21-22H,8-12H2,1-2H3. The minimum Gasteiger partial charge on any atom is -0.353 e. The fourth-order valence-corrected chi connectivity index (χ4v) is 4.65. The summed E-state index contributed by atoms with van der Waals surface area (Å²) in [6, 6.07) is 8.41. The quantitative estimate of drug-likeness (QED) is 0.864. The van der Waals surface area contributed by atoms with Gasteiger partial charge in [0.1, 0.15) is 11.9 Å². The van der Waals surface area contributed by atoms with Gasteiger partial charge in [-0.25, -0.2) is 15.8 Å². The normalized spacial score (nSPS) is 23.5. The van der Waals surface area contributed by atoms with E-state index < -0.39 is 0 Å². The molecule has 4 heterocycles. The molecule has 7 heteroatoms. The van der Waals surface area contributed by atoms with Crippen LogP contribution < -0.4 is 15.8 Å². The molecule has 2 fully saturated rings. The van der Waals surface area contributed by atoms with Gasteiger partial charge in [-0.3, -0.25) is 4.79 Å². The van der Waals surface area contributed by atoms with Gasteiger partial charge in [-0.05, 0) is 44.0 Å². The van der Waals surface area contributed by atoms with E-state index in [4.69, 9.17) is 0 Å². The molecule has 138 valence electrons. The Kier molecular flexibility index (Phi) is 4.93. The first-order valence-corrected chi connectivity index (χ1v) is 9.96. The third kappa shape index (κ3) is 3.47. The minimum absolute atomic E-state index is 0.148. The Hall–Kier alpha value is -1.96. The molecule has 0 radical (unpaired) electrons. The Bertz CT molecular complexity index is 784. The van der Waals surface area contributed by atoms with Crippen LogP contribution in [-0.2, 0) is 4.79 Å². The number of amides is 1. The van der Waals surface area contributed by atoms with E-state index in [0.29, 0.717) is 0 Å². The third-order valence-corrected chi connectivity index (χ3v) is 6.29. The van der Waals surface area contributed by atoms with Crippen LogP contribution in [0.4, 0.5) is 5.82 Å². The molecule has 0 aromatic carbocycles. The number of thiophene rings is 1. The lowest BCUT2D eigenvalue weighted by Gasteiger charge is -2.37. The molecule has 2 aromatic heterocycles. The summed E-state index contributed by atoms with van der Waals surface area (Å²) >= 11 is 1.79. The smallest absolute Gasteiger partial charge is 0.241 e. The van der Waals surface area contributed by atoms with Crippen molar-refractivity contribution in [2.45, 2.75) is 32.4 Å². The Labute approximate surface area is 158 Å². The molecule has 26 heavy (non-hydrogen) atoms. The zero-order chi connectivity index (χ0) is 18.1. The average Bonchev–Trinajstić information content (AvgIpc) is 3.31. The number of anilines is 1. The summed E-state index contributed by atoms with van der Waals surface area (Å²) in [5.74, 6) is 1.24. The van der Waals surface area contributed by atoms with Crippen LogP contribution in [0.3, 0.4) is 0 Å². The SMILES string of the molecule is Cc1ccc(C2CC(C(=O)N3CCN(c4ncccc4C)CC3)NN2)s1. The van der Waals surface area contributed by atoms with E-state index in [-0.39, 0.29) is 18.0 Å². The molecular formula is C19H25N5OS. The molecule has 2 saturated heterocycles. The average molecular weight is 372 g/mol. The van der Waals surface area contributed by atoms with Crippen LogP contribution in [-0.4, -0.2) is 48.0 Å². The number of carbonyl (C=O) groups is 1. The summed E-state index contributed by atoms with van der Waals surface area (Å²) in [4.78, 5) is 24.2. The highest BCUT2D eigenvalue weighted by Gasteiger charge is 2.34. The molecule has 4 rings (SSSR count). The molecule has 0 bridgehead atoms. The lowest BCUT2D eigenvalue weighted by Crippen LogP contribution is -2.54. The number of pyridine rings is 1. The van der Waals surface area contributed by atoms with Gasteiger partial charge in [-0.1, -0.05) is 6.07 Å². The van der Waals surface area contributed by atoms with Gasteiger partial charge in [-0.15, -0.1) is 11.3 Å². The Balaban J connectivity index is 1.33. The van der Waals surface area contributed by atoms with Crippen molar-refractivity contribution >= 4 is 23.1 Å². The van der Waals surface area contributed by atoms with E-state index >= 15 is 0 Å². The highest BCUT2D eigenvalue weighted by atomic mass is 32.1. The van der Waals surface area contributed by atoms with E-state index in [2.05, 4.69) is 52.8 Å². The van der Waals surface area contributed by atoms with Gasteiger partial charge < -0.3 is 9.80 Å². The van der Waals surface area contributed by atoms with Gasteiger partial charge in [0.15, 0.2) is 0 Å². The van der Waals surface area contributed by atoms with Crippen LogP contribution in [0.15, 0.2) is 30.5 Å². The minimum atomic E-state index is -0.148. The molecule has 0 saturated carbocycles. The number of piperazine rings is 1. The van der Waals surface area contributed by atoms with Gasteiger partial charge in [0.25, 0.3) is 0 Å². The maximum Gasteiger partial charge on any atom is 0.241 e. The number of hydrazine groups is 1. The summed E-state index contributed by atoms with van der Waals surface area (Å²) in [5, 5.41) is 0. The molecule has 2 aliphatic rings. The van der Waals surface area contributed by atoms with Gasteiger partial charge >= 0.3 is 0 Å². The molecule has 1 amide bonds. The summed E-state index contributed by atoms with van der Waals surface area (Å²) in [7, 11) is 0. The van der Waals surface area contributed by atoms with Crippen molar-refractivity contribution in [3.8, 4) is 0 Å². The van der Waals surface area contributed by atoms with Crippen LogP contribution >= 0.6 is 11.3 Å². The van der Waals surface area contributed by atoms with Gasteiger partial charge in [0.05, 0.1) is 6.04 Å². The van der Waals surface area contributed by atoms with Crippen molar-refractivity contribution in [2.75, 3.05) is 31.1 Å². The Morgan fingerprint density at radius 2 is 1.96 bits per heavy atom. The second kappa shape index (κ2) is 7.34. The Morgan fingerprint density at radius 3 is 2.65 bits per heavy atom. The molecule has 6 nitrogen and oxygen atoms in total. The van der Waals surface area contributed by atoms with Crippen LogP contribution in [0.2, 0.25) is 0 Å². The molecule has 2 unspecified atom stereocenters. The molecule has 2 aromatic rings. The van der Waals surface area contributed by atoms with E-state index in [0.717, 1.165) is 38.4 Å². The number of aryl methyl sites for hydroxylation is 2. The van der Waals surface area contributed by atoms with Gasteiger partial charge in [0.2, 0.25) is 5.91 Å². The zero-order valence-corrected chi connectivity index (χ0v) is 16.1. The van der Waals surface area contributed by atoms with E-state index in [9.17, 15) is 4.79 Å². The van der Waals surface area contributed by atoms with E-state index in [1.807, 2.05) is 17.2 Å². The zero-order valence-electron chi connectivity index (χ0n) is 15.2. The molecular weight excluding hydrogens is 346 g/mol. The monoisotopic (exact) mass is 371 g/mol. The molecule has 0 spiro atoms. The number of rotatable bonds is 3. The van der Waals surface area contributed by atoms with Crippen LogP contribution in [0.1, 0.15) is 27.8 Å². The maximum atomic E-state index is 12.9. The predicted molar refractivity (Wildman–Crippen MR) is 104 cm³/mol. The molecule has 0 aliphatic carbocycles. The van der Waals surface area contributed by atoms with Crippen molar-refractivity contribution in [1.82, 2.24) is 20.7 Å². The topological polar surface area (TPSA) is 60.5 Å². The number of hydrogen-bond acceptors (Lipinski definition) is 6. The third-order valence-electron chi connectivity index (χ3n) is 5.18. The number of aromatic nitrogens is 1. The van der Waals surface area contributed by atoms with Crippen molar-refractivity contribution < 1.29 is 4.79 Å². The fraction of sp³-hybridized carbons (Fsp3) is 0.474. The summed E-state index contributed by atoms with van der Waals surface area (Å²) in [6.45, 7) is 7.35. The van der Waals surface area contributed by atoms with Crippen molar-refractivity contribution in [3.05, 3.63) is 45.8 Å². The summed E-state index contributed by atoms with van der Waals surface area (Å²) in [6.07, 6.45) is 2.64. The second-order valence-electron chi connectivity index (χ2n) is 7.03. The summed E-state index contributed by atoms with van der Waals surface area (Å²) in [5.41, 5.74) is 7.68. The van der Waals surface area contributed by atoms with Gasteiger partial charge in [-0.2, -0.15) is 0 Å². The highest BCUT2D eigenvalue weighted by Crippen LogP contribution is 2.29. The molecule has 2 aliphatic heterocycles. The first-order chi connectivity index (χ1) is 12.6. The predicted octanol–water partition coefficient (Wildman–Crippen LogP) is 2.02. The lowest BCUT2D eigenvalue weighted by molar-refractivity contribution is -0.133. The second-order valence-corrected chi connectivity index (χ2v) is 8.35. The largest absolute Gasteiger partial charge is 0.353 e. The Morgan fingerprint density at radius 1 is 1.15 bits per heavy atom. The summed E-state index contributed by atoms with van der Waals surface area (Å²) < 4.78 is 0. The number of nitrogens with one attached hydrogen (secondary N) is 2. The van der Waals surface area contributed by atoms with Crippen molar-refractivity contribution in [2.24, 2.45) is 0 Å². The van der Waals surface area contributed by atoms with Crippen LogP contribution in [0.25, 0.3) is 0 Å². The molecule has 2 atom stereocenters. The van der Waals surface area contributed by atoms with Crippen LogP contribution in [0, 0.1) is 13.8 Å². The van der Waals surface area contributed by atoms with Crippen molar-refractivity contribution in [3.63, 3.8) is 0 Å². The fourth-order valence-electron chi connectivity index (χ4n) is 3.71.